The van der Waals surface area contributed by atoms with Crippen LogP contribution in [0.1, 0.15) is 38.5 Å². The third-order valence-corrected chi connectivity index (χ3v) is 2.97. The van der Waals surface area contributed by atoms with Crippen molar-refractivity contribution >= 4 is 0 Å². The van der Waals surface area contributed by atoms with Crippen LogP contribution in [0.4, 0.5) is 0 Å². The first-order valence-corrected chi connectivity index (χ1v) is 7.13. The molecule has 0 aliphatic heterocycles. The number of aromatic nitrogens is 2. The van der Waals surface area contributed by atoms with Gasteiger partial charge in [0.2, 0.25) is 0 Å². The van der Waals surface area contributed by atoms with Gasteiger partial charge in [0.25, 0.3) is 0 Å². The highest BCUT2D eigenvalue weighted by Gasteiger charge is 2.08. The maximum Gasteiger partial charge on any atom is 0.157 e. The van der Waals surface area contributed by atoms with Crippen LogP contribution < -0.4 is 10.1 Å². The Hall–Kier alpha value is -1.75. The Kier molecular flexibility index (Phi) is 5.24. The molecule has 0 radical (unpaired) electrons. The fourth-order valence-electron chi connectivity index (χ4n) is 1.88. The summed E-state index contributed by atoms with van der Waals surface area (Å²) in [5.74, 6) is 1.64. The number of nitrogens with one attached hydrogen (secondary N) is 1. The average molecular weight is 277 g/mol. The summed E-state index contributed by atoms with van der Waals surface area (Å²) in [6.45, 7) is 8.51. The van der Waals surface area contributed by atoms with Crippen LogP contribution in [0.2, 0.25) is 0 Å². The van der Waals surface area contributed by atoms with Crippen molar-refractivity contribution in [1.82, 2.24) is 15.1 Å². The molecular weight excluding hydrogens is 254 g/mol. The topological polar surface area (TPSA) is 52.2 Å². The molecule has 5 heteroatoms. The van der Waals surface area contributed by atoms with Crippen LogP contribution in [0.25, 0.3) is 0 Å². The van der Waals surface area contributed by atoms with Crippen LogP contribution in [0.3, 0.4) is 0 Å². The van der Waals surface area contributed by atoms with E-state index in [2.05, 4.69) is 31.2 Å². The van der Waals surface area contributed by atoms with E-state index in [9.17, 15) is 0 Å². The lowest BCUT2D eigenvalue weighted by Crippen LogP contribution is -2.22. The SMILES string of the molecule is CCCn1cc(OCc2occc2CNC(C)C)cn1. The van der Waals surface area contributed by atoms with Gasteiger partial charge >= 0.3 is 0 Å². The molecule has 0 aliphatic carbocycles. The third-order valence-electron chi connectivity index (χ3n) is 2.97. The van der Waals surface area contributed by atoms with Gasteiger partial charge in [0, 0.05) is 24.7 Å². The van der Waals surface area contributed by atoms with Crippen LogP contribution in [-0.4, -0.2) is 15.8 Å². The lowest BCUT2D eigenvalue weighted by Gasteiger charge is -2.08. The van der Waals surface area contributed by atoms with E-state index in [1.807, 2.05) is 16.9 Å². The molecule has 1 N–H and O–H groups in total. The highest BCUT2D eigenvalue weighted by atomic mass is 16.5. The second kappa shape index (κ2) is 7.14. The van der Waals surface area contributed by atoms with Crippen LogP contribution in [0.5, 0.6) is 5.75 Å². The predicted molar refractivity (Wildman–Crippen MR) is 77.5 cm³/mol. The van der Waals surface area contributed by atoms with Crippen molar-refractivity contribution in [2.75, 3.05) is 0 Å². The zero-order valence-corrected chi connectivity index (χ0v) is 12.4. The normalized spacial score (nSPS) is 11.2. The molecule has 20 heavy (non-hydrogen) atoms. The van der Waals surface area contributed by atoms with E-state index in [1.54, 1.807) is 12.5 Å². The molecule has 0 fully saturated rings. The van der Waals surface area contributed by atoms with Crippen molar-refractivity contribution < 1.29 is 9.15 Å². The van der Waals surface area contributed by atoms with Gasteiger partial charge in [-0.2, -0.15) is 5.10 Å². The smallest absolute Gasteiger partial charge is 0.157 e. The Labute approximate surface area is 119 Å². The van der Waals surface area contributed by atoms with Gasteiger partial charge in [0.05, 0.1) is 18.7 Å². The summed E-state index contributed by atoms with van der Waals surface area (Å²) >= 11 is 0. The zero-order chi connectivity index (χ0) is 14.4. The minimum atomic E-state index is 0.430. The van der Waals surface area contributed by atoms with E-state index in [4.69, 9.17) is 9.15 Å². The van der Waals surface area contributed by atoms with Gasteiger partial charge in [-0.3, -0.25) is 4.68 Å². The number of aryl methyl sites for hydroxylation is 1. The quantitative estimate of drug-likeness (QED) is 0.806. The van der Waals surface area contributed by atoms with Gasteiger partial charge in [-0.05, 0) is 12.5 Å². The van der Waals surface area contributed by atoms with Crippen molar-refractivity contribution in [3.05, 3.63) is 36.0 Å². The van der Waals surface area contributed by atoms with Gasteiger partial charge in [-0.1, -0.05) is 20.8 Å². The molecule has 0 saturated carbocycles. The first kappa shape index (κ1) is 14.7. The van der Waals surface area contributed by atoms with Crippen molar-refractivity contribution in [3.63, 3.8) is 0 Å². The average Bonchev–Trinajstić information content (AvgIpc) is 3.03. The molecule has 0 unspecified atom stereocenters. The molecule has 0 aromatic carbocycles. The van der Waals surface area contributed by atoms with Gasteiger partial charge < -0.3 is 14.5 Å². The van der Waals surface area contributed by atoms with Crippen molar-refractivity contribution in [3.8, 4) is 5.75 Å². The summed E-state index contributed by atoms with van der Waals surface area (Å²) in [4.78, 5) is 0. The molecule has 0 saturated heterocycles. The van der Waals surface area contributed by atoms with E-state index in [1.165, 1.54) is 0 Å². The summed E-state index contributed by atoms with van der Waals surface area (Å²) in [7, 11) is 0. The van der Waals surface area contributed by atoms with Gasteiger partial charge in [0.15, 0.2) is 5.75 Å². The third kappa shape index (κ3) is 4.13. The molecule has 2 aromatic rings. The number of ether oxygens (including phenoxy) is 1. The Morgan fingerprint density at radius 1 is 1.45 bits per heavy atom. The van der Waals surface area contributed by atoms with E-state index < -0.39 is 0 Å². The zero-order valence-electron chi connectivity index (χ0n) is 12.4. The highest BCUT2D eigenvalue weighted by Crippen LogP contribution is 2.15. The number of nitrogens with zero attached hydrogens (tertiary/aromatic N) is 2. The largest absolute Gasteiger partial charge is 0.482 e. The molecule has 2 aromatic heterocycles. The lowest BCUT2D eigenvalue weighted by molar-refractivity contribution is 0.267. The Morgan fingerprint density at radius 2 is 2.30 bits per heavy atom. The Morgan fingerprint density at radius 3 is 3.05 bits per heavy atom. The van der Waals surface area contributed by atoms with Crippen molar-refractivity contribution in [1.29, 1.82) is 0 Å². The molecule has 0 aliphatic rings. The minimum Gasteiger partial charge on any atom is -0.482 e. The van der Waals surface area contributed by atoms with Crippen LogP contribution in [0.15, 0.2) is 29.1 Å². The minimum absolute atomic E-state index is 0.430. The lowest BCUT2D eigenvalue weighted by atomic mass is 10.2. The first-order chi connectivity index (χ1) is 9.69. The van der Waals surface area contributed by atoms with Gasteiger partial charge in [-0.25, -0.2) is 0 Å². The molecular formula is C15H23N3O2. The second-order valence-corrected chi connectivity index (χ2v) is 5.13. The standard InChI is InChI=1S/C15H23N3O2/c1-4-6-18-10-14(9-17-18)20-11-15-13(5-7-19-15)8-16-12(2)3/h5,7,9-10,12,16H,4,6,8,11H2,1-3H3. The molecule has 2 heterocycles. The predicted octanol–water partition coefficient (Wildman–Crippen LogP) is 2.96. The summed E-state index contributed by atoms with van der Waals surface area (Å²) in [5.41, 5.74) is 1.14. The van der Waals surface area contributed by atoms with E-state index >= 15 is 0 Å². The Bertz CT molecular complexity index is 517. The summed E-state index contributed by atoms with van der Waals surface area (Å²) in [6.07, 6.45) is 6.42. The number of hydrogen-bond acceptors (Lipinski definition) is 4. The maximum absolute atomic E-state index is 5.72. The van der Waals surface area contributed by atoms with Gasteiger partial charge in [-0.15, -0.1) is 0 Å². The molecule has 110 valence electrons. The molecule has 0 amide bonds. The van der Waals surface area contributed by atoms with Crippen molar-refractivity contribution in [2.24, 2.45) is 0 Å². The molecule has 5 nitrogen and oxygen atoms in total. The van der Waals surface area contributed by atoms with E-state index in [0.717, 1.165) is 36.6 Å². The van der Waals surface area contributed by atoms with Crippen LogP contribution in [-0.2, 0) is 19.7 Å². The van der Waals surface area contributed by atoms with Crippen LogP contribution in [0, 0.1) is 0 Å². The van der Waals surface area contributed by atoms with E-state index in [-0.39, 0.29) is 0 Å². The van der Waals surface area contributed by atoms with Crippen LogP contribution >= 0.6 is 0 Å². The fourth-order valence-corrected chi connectivity index (χ4v) is 1.88. The van der Waals surface area contributed by atoms with E-state index in [0.29, 0.717) is 12.6 Å². The summed E-state index contributed by atoms with van der Waals surface area (Å²) in [6, 6.07) is 2.43. The molecule has 2 rings (SSSR count). The highest BCUT2D eigenvalue weighted by molar-refractivity contribution is 5.18. The number of hydrogen-bond donors (Lipinski definition) is 1. The summed E-state index contributed by atoms with van der Waals surface area (Å²) in [5, 5.41) is 7.61. The number of furan rings is 1. The molecule has 0 spiro atoms. The molecule has 0 bridgehead atoms. The second-order valence-electron chi connectivity index (χ2n) is 5.13. The van der Waals surface area contributed by atoms with Gasteiger partial charge in [0.1, 0.15) is 12.4 Å². The fraction of sp³-hybridized carbons (Fsp3) is 0.533. The number of rotatable bonds is 8. The first-order valence-electron chi connectivity index (χ1n) is 7.13. The molecule has 0 atom stereocenters. The Balaban J connectivity index is 1.88. The monoisotopic (exact) mass is 277 g/mol. The maximum atomic E-state index is 5.72. The van der Waals surface area contributed by atoms with Crippen molar-refractivity contribution in [2.45, 2.75) is 52.9 Å². The summed E-state index contributed by atoms with van der Waals surface area (Å²) < 4.78 is 13.1.